The van der Waals surface area contributed by atoms with Crippen LogP contribution in [0.1, 0.15) is 10.4 Å². The summed E-state index contributed by atoms with van der Waals surface area (Å²) in [6, 6.07) is 6.39. The van der Waals surface area contributed by atoms with Gasteiger partial charge in [0.15, 0.2) is 0 Å². The minimum absolute atomic E-state index is 0.279. The SMILES string of the molecule is O=C(O)c1ccc(OCCI)cc1. The summed E-state index contributed by atoms with van der Waals surface area (Å²) in [6.45, 7) is 0.646. The molecule has 0 saturated carbocycles. The lowest BCUT2D eigenvalue weighted by atomic mass is 10.2. The number of aromatic carboxylic acids is 1. The first-order valence-corrected chi connectivity index (χ1v) is 5.28. The number of carbonyl (C=O) groups is 1. The van der Waals surface area contributed by atoms with Gasteiger partial charge in [0.05, 0.1) is 12.2 Å². The van der Waals surface area contributed by atoms with Gasteiger partial charge in [0, 0.05) is 4.43 Å². The van der Waals surface area contributed by atoms with Gasteiger partial charge in [-0.15, -0.1) is 0 Å². The third kappa shape index (κ3) is 3.22. The molecule has 0 heterocycles. The van der Waals surface area contributed by atoms with Crippen molar-refractivity contribution in [1.82, 2.24) is 0 Å². The van der Waals surface area contributed by atoms with Crippen molar-refractivity contribution in [3.8, 4) is 5.75 Å². The summed E-state index contributed by atoms with van der Waals surface area (Å²) in [5.74, 6) is -0.206. The van der Waals surface area contributed by atoms with Crippen molar-refractivity contribution in [3.63, 3.8) is 0 Å². The molecule has 0 aliphatic heterocycles. The van der Waals surface area contributed by atoms with Gasteiger partial charge in [0.25, 0.3) is 0 Å². The van der Waals surface area contributed by atoms with Gasteiger partial charge < -0.3 is 9.84 Å². The van der Waals surface area contributed by atoms with Gasteiger partial charge in [0.1, 0.15) is 5.75 Å². The van der Waals surface area contributed by atoms with Crippen LogP contribution in [0.2, 0.25) is 0 Å². The summed E-state index contributed by atoms with van der Waals surface area (Å²) in [6.07, 6.45) is 0. The molecule has 13 heavy (non-hydrogen) atoms. The highest BCUT2D eigenvalue weighted by molar-refractivity contribution is 14.1. The fraction of sp³-hybridized carbons (Fsp3) is 0.222. The summed E-state index contributed by atoms with van der Waals surface area (Å²) in [5.41, 5.74) is 0.279. The molecule has 0 bridgehead atoms. The first-order chi connectivity index (χ1) is 6.24. The minimum atomic E-state index is -0.916. The van der Waals surface area contributed by atoms with E-state index in [1.807, 2.05) is 0 Å². The first-order valence-electron chi connectivity index (χ1n) is 3.76. The highest BCUT2D eigenvalue weighted by atomic mass is 127. The third-order valence-corrected chi connectivity index (χ3v) is 1.89. The lowest BCUT2D eigenvalue weighted by molar-refractivity contribution is 0.0697. The number of halogens is 1. The maximum Gasteiger partial charge on any atom is 0.335 e. The van der Waals surface area contributed by atoms with E-state index in [2.05, 4.69) is 22.6 Å². The van der Waals surface area contributed by atoms with E-state index >= 15 is 0 Å². The van der Waals surface area contributed by atoms with Gasteiger partial charge in [-0.3, -0.25) is 0 Å². The molecule has 0 saturated heterocycles. The number of benzene rings is 1. The van der Waals surface area contributed by atoms with Crippen LogP contribution >= 0.6 is 22.6 Å². The van der Waals surface area contributed by atoms with Crippen molar-refractivity contribution in [2.45, 2.75) is 0 Å². The molecule has 1 rings (SSSR count). The third-order valence-electron chi connectivity index (χ3n) is 1.45. The quantitative estimate of drug-likeness (QED) is 0.683. The van der Waals surface area contributed by atoms with E-state index in [9.17, 15) is 4.79 Å². The Balaban J connectivity index is 2.64. The Morgan fingerprint density at radius 3 is 2.46 bits per heavy atom. The summed E-state index contributed by atoms with van der Waals surface area (Å²) in [5, 5.41) is 8.61. The van der Waals surface area contributed by atoms with Gasteiger partial charge in [-0.05, 0) is 24.3 Å². The average Bonchev–Trinajstić information content (AvgIpc) is 2.15. The van der Waals surface area contributed by atoms with Crippen LogP contribution in [-0.4, -0.2) is 22.1 Å². The van der Waals surface area contributed by atoms with Gasteiger partial charge in [-0.1, -0.05) is 22.6 Å². The summed E-state index contributed by atoms with van der Waals surface area (Å²) >= 11 is 2.21. The molecule has 1 aromatic rings. The van der Waals surface area contributed by atoms with Crippen LogP contribution in [0.4, 0.5) is 0 Å². The monoisotopic (exact) mass is 292 g/mol. The maximum absolute atomic E-state index is 10.5. The average molecular weight is 292 g/mol. The number of alkyl halides is 1. The molecule has 1 N–H and O–H groups in total. The van der Waals surface area contributed by atoms with E-state index in [-0.39, 0.29) is 5.56 Å². The molecule has 1 aromatic carbocycles. The van der Waals surface area contributed by atoms with Crippen LogP contribution in [0.15, 0.2) is 24.3 Å². The van der Waals surface area contributed by atoms with Gasteiger partial charge >= 0.3 is 5.97 Å². The Morgan fingerprint density at radius 2 is 2.00 bits per heavy atom. The van der Waals surface area contributed by atoms with Gasteiger partial charge in [0.2, 0.25) is 0 Å². The Morgan fingerprint density at radius 1 is 1.38 bits per heavy atom. The molecule has 0 aliphatic rings. The van der Waals surface area contributed by atoms with Crippen molar-refractivity contribution in [1.29, 1.82) is 0 Å². The van der Waals surface area contributed by atoms with E-state index in [1.165, 1.54) is 12.1 Å². The highest BCUT2D eigenvalue weighted by Gasteiger charge is 2.01. The normalized spacial score (nSPS) is 9.62. The minimum Gasteiger partial charge on any atom is -0.493 e. The molecule has 0 radical (unpaired) electrons. The number of hydrogen-bond donors (Lipinski definition) is 1. The molecule has 0 aliphatic carbocycles. The molecular formula is C9H9IO3. The van der Waals surface area contributed by atoms with Gasteiger partial charge in [-0.2, -0.15) is 0 Å². The molecule has 0 spiro atoms. The molecule has 4 heteroatoms. The fourth-order valence-corrected chi connectivity index (χ4v) is 1.07. The second kappa shape index (κ2) is 5.06. The van der Waals surface area contributed by atoms with Crippen LogP contribution in [0, 0.1) is 0 Å². The second-order valence-electron chi connectivity index (χ2n) is 2.37. The number of carboxylic acid groups (broad SMARTS) is 1. The Labute approximate surface area is 89.9 Å². The van der Waals surface area contributed by atoms with Crippen molar-refractivity contribution < 1.29 is 14.6 Å². The molecule has 0 fully saturated rings. The largest absolute Gasteiger partial charge is 0.493 e. The van der Waals surface area contributed by atoms with E-state index in [4.69, 9.17) is 9.84 Å². The Kier molecular flexibility index (Phi) is 4.01. The van der Waals surface area contributed by atoms with Crippen LogP contribution in [-0.2, 0) is 0 Å². The molecule has 0 aromatic heterocycles. The van der Waals surface area contributed by atoms with Crippen LogP contribution in [0.25, 0.3) is 0 Å². The highest BCUT2D eigenvalue weighted by Crippen LogP contribution is 2.12. The predicted molar refractivity (Wildman–Crippen MR) is 57.8 cm³/mol. The Bertz CT molecular complexity index is 281. The van der Waals surface area contributed by atoms with Crippen molar-refractivity contribution in [2.24, 2.45) is 0 Å². The zero-order chi connectivity index (χ0) is 9.68. The number of hydrogen-bond acceptors (Lipinski definition) is 2. The summed E-state index contributed by atoms with van der Waals surface area (Å²) in [4.78, 5) is 10.5. The summed E-state index contributed by atoms with van der Waals surface area (Å²) < 4.78 is 6.20. The summed E-state index contributed by atoms with van der Waals surface area (Å²) in [7, 11) is 0. The Hall–Kier alpha value is -0.780. The molecule has 0 atom stereocenters. The van der Waals surface area contributed by atoms with E-state index < -0.39 is 5.97 Å². The zero-order valence-electron chi connectivity index (χ0n) is 6.87. The lowest BCUT2D eigenvalue weighted by Crippen LogP contribution is -1.99. The second-order valence-corrected chi connectivity index (χ2v) is 3.45. The van der Waals surface area contributed by atoms with Gasteiger partial charge in [-0.25, -0.2) is 4.79 Å². The fourth-order valence-electron chi connectivity index (χ4n) is 0.850. The van der Waals surface area contributed by atoms with Crippen LogP contribution < -0.4 is 4.74 Å². The van der Waals surface area contributed by atoms with E-state index in [1.54, 1.807) is 12.1 Å². The number of carboxylic acids is 1. The smallest absolute Gasteiger partial charge is 0.335 e. The number of rotatable bonds is 4. The molecular weight excluding hydrogens is 283 g/mol. The molecule has 70 valence electrons. The molecule has 3 nitrogen and oxygen atoms in total. The number of ether oxygens (including phenoxy) is 1. The van der Waals surface area contributed by atoms with Crippen LogP contribution in [0.3, 0.4) is 0 Å². The van der Waals surface area contributed by atoms with Crippen molar-refractivity contribution in [2.75, 3.05) is 11.0 Å². The van der Waals surface area contributed by atoms with E-state index in [0.717, 1.165) is 4.43 Å². The molecule has 0 amide bonds. The van der Waals surface area contributed by atoms with E-state index in [0.29, 0.717) is 12.4 Å². The lowest BCUT2D eigenvalue weighted by Gasteiger charge is -2.03. The zero-order valence-corrected chi connectivity index (χ0v) is 9.02. The topological polar surface area (TPSA) is 46.5 Å². The first kappa shape index (κ1) is 10.3. The van der Waals surface area contributed by atoms with Crippen molar-refractivity contribution >= 4 is 28.6 Å². The molecule has 0 unspecified atom stereocenters. The predicted octanol–water partition coefficient (Wildman–Crippen LogP) is 2.20. The maximum atomic E-state index is 10.5. The van der Waals surface area contributed by atoms with Crippen molar-refractivity contribution in [3.05, 3.63) is 29.8 Å². The standard InChI is InChI=1S/C9H9IO3/c10-5-6-13-8-3-1-7(2-4-8)9(11)12/h1-4H,5-6H2,(H,11,12). The van der Waals surface area contributed by atoms with Crippen LogP contribution in [0.5, 0.6) is 5.75 Å².